The average Bonchev–Trinajstić information content (AvgIpc) is 1.99. The highest BCUT2D eigenvalue weighted by Gasteiger charge is 2.23. The topological polar surface area (TPSA) is 71.1 Å². The van der Waals surface area contributed by atoms with E-state index in [4.69, 9.17) is 0 Å². The largest absolute Gasteiger partial charge is 0.453 e. The lowest BCUT2D eigenvalue weighted by Gasteiger charge is -2.15. The molecule has 0 aromatic carbocycles. The third-order valence-corrected chi connectivity index (χ3v) is 0.693. The third-order valence-electron chi connectivity index (χ3n) is 0.693. The first kappa shape index (κ1) is 11.9. The predicted molar refractivity (Wildman–Crippen MR) is 40.0 cm³/mol. The molecule has 0 rings (SSSR count). The normalized spacial score (nSPS) is 10.8. The fourth-order valence-electron chi connectivity index (χ4n) is 0.307. The Balaban J connectivity index is 3.82. The van der Waals surface area contributed by atoms with Crippen molar-refractivity contribution in [1.29, 1.82) is 0 Å². The second-order valence-corrected chi connectivity index (χ2v) is 3.10. The number of rotatable bonds is 2. The van der Waals surface area contributed by atoms with Gasteiger partial charge in [0, 0.05) is 0 Å². The summed E-state index contributed by atoms with van der Waals surface area (Å²) in [7, 11) is 1.09. The quantitative estimate of drug-likeness (QED) is 0.357. The van der Waals surface area contributed by atoms with E-state index in [9.17, 15) is 9.59 Å². The van der Waals surface area contributed by atoms with E-state index in [1.807, 2.05) is 0 Å². The van der Waals surface area contributed by atoms with Crippen LogP contribution in [0.5, 0.6) is 0 Å². The van der Waals surface area contributed by atoms with E-state index in [-0.39, 0.29) is 0 Å². The van der Waals surface area contributed by atoms with Gasteiger partial charge >= 0.3 is 11.9 Å². The molecule has 0 saturated heterocycles. The minimum Gasteiger partial charge on any atom is -0.286 e. The SMILES string of the molecule is COOC(=O)C(=O)OOC(C)(C)C. The van der Waals surface area contributed by atoms with E-state index < -0.39 is 17.5 Å². The van der Waals surface area contributed by atoms with E-state index in [1.54, 1.807) is 20.8 Å². The van der Waals surface area contributed by atoms with Gasteiger partial charge < -0.3 is 0 Å². The molecular formula is C7H12O6. The predicted octanol–water partition coefficient (Wildman–Crippen LogP) is 0.364. The van der Waals surface area contributed by atoms with Gasteiger partial charge in [-0.3, -0.25) is 9.78 Å². The summed E-state index contributed by atoms with van der Waals surface area (Å²) in [6, 6.07) is 0. The summed E-state index contributed by atoms with van der Waals surface area (Å²) >= 11 is 0. The van der Waals surface area contributed by atoms with E-state index in [0.29, 0.717) is 0 Å². The molecule has 0 atom stereocenters. The minimum atomic E-state index is -1.27. The first-order valence-corrected chi connectivity index (χ1v) is 3.51. The molecule has 6 nitrogen and oxygen atoms in total. The molecule has 76 valence electrons. The lowest BCUT2D eigenvalue weighted by molar-refractivity contribution is -0.325. The maximum atomic E-state index is 10.7. The molecule has 0 spiro atoms. The standard InChI is InChI=1S/C7H12O6/c1-7(2,3)13-12-6(9)5(8)11-10-4/h1-4H3. The van der Waals surface area contributed by atoms with Crippen LogP contribution in [0.4, 0.5) is 0 Å². The van der Waals surface area contributed by atoms with Gasteiger partial charge in [-0.15, -0.1) is 0 Å². The average molecular weight is 192 g/mol. The molecule has 0 aromatic heterocycles. The maximum absolute atomic E-state index is 10.7. The molecule has 0 N–H and O–H groups in total. The number of carbonyl (C=O) groups is 2. The summed E-state index contributed by atoms with van der Waals surface area (Å²) in [5.41, 5.74) is -0.678. The van der Waals surface area contributed by atoms with Crippen molar-refractivity contribution in [3.63, 3.8) is 0 Å². The second kappa shape index (κ2) is 4.78. The zero-order valence-electron chi connectivity index (χ0n) is 7.95. The first-order chi connectivity index (χ1) is 5.87. The summed E-state index contributed by atoms with van der Waals surface area (Å²) in [6.07, 6.45) is 0. The molecule has 0 saturated carbocycles. The zero-order chi connectivity index (χ0) is 10.5. The Hall–Kier alpha value is -1.14. The molecule has 0 radical (unpaired) electrons. The van der Waals surface area contributed by atoms with Crippen molar-refractivity contribution in [3.05, 3.63) is 0 Å². The zero-order valence-corrected chi connectivity index (χ0v) is 7.95. The van der Waals surface area contributed by atoms with Gasteiger partial charge in [0.25, 0.3) is 0 Å². The van der Waals surface area contributed by atoms with Crippen molar-refractivity contribution >= 4 is 11.9 Å². The highest BCUT2D eigenvalue weighted by Crippen LogP contribution is 2.07. The molecule has 13 heavy (non-hydrogen) atoms. The van der Waals surface area contributed by atoms with Crippen LogP contribution in [0.15, 0.2) is 0 Å². The Morgan fingerprint density at radius 3 is 1.85 bits per heavy atom. The molecule has 6 heteroatoms. The molecule has 0 aromatic rings. The highest BCUT2D eigenvalue weighted by atomic mass is 17.2. The van der Waals surface area contributed by atoms with Crippen LogP contribution in [-0.2, 0) is 29.1 Å². The first-order valence-electron chi connectivity index (χ1n) is 3.51. The van der Waals surface area contributed by atoms with Gasteiger partial charge in [0.1, 0.15) is 5.60 Å². The van der Waals surface area contributed by atoms with Crippen LogP contribution in [0, 0.1) is 0 Å². The van der Waals surface area contributed by atoms with Crippen LogP contribution < -0.4 is 0 Å². The number of hydrogen-bond donors (Lipinski definition) is 0. The van der Waals surface area contributed by atoms with Crippen LogP contribution >= 0.6 is 0 Å². The van der Waals surface area contributed by atoms with Crippen molar-refractivity contribution in [3.8, 4) is 0 Å². The van der Waals surface area contributed by atoms with Crippen molar-refractivity contribution in [2.24, 2.45) is 0 Å². The summed E-state index contributed by atoms with van der Waals surface area (Å²) in [5.74, 6) is -2.54. The van der Waals surface area contributed by atoms with Crippen molar-refractivity contribution in [1.82, 2.24) is 0 Å². The Kier molecular flexibility index (Phi) is 4.36. The van der Waals surface area contributed by atoms with E-state index in [1.165, 1.54) is 0 Å². The summed E-state index contributed by atoms with van der Waals surface area (Å²) in [4.78, 5) is 37.7. The molecule has 0 bridgehead atoms. The van der Waals surface area contributed by atoms with Gasteiger partial charge in [0.15, 0.2) is 0 Å². The molecule has 0 aliphatic carbocycles. The molecule has 0 unspecified atom stereocenters. The van der Waals surface area contributed by atoms with Crippen LogP contribution in [0.2, 0.25) is 0 Å². The molecule has 0 heterocycles. The van der Waals surface area contributed by atoms with Gasteiger partial charge in [-0.05, 0) is 20.8 Å². The number of carbonyl (C=O) groups excluding carboxylic acids is 2. The molecule has 0 aliphatic rings. The lowest BCUT2D eigenvalue weighted by atomic mass is 10.2. The van der Waals surface area contributed by atoms with Gasteiger partial charge in [-0.2, -0.15) is 9.78 Å². The Morgan fingerprint density at radius 1 is 1.00 bits per heavy atom. The Bertz CT molecular complexity index is 192. The maximum Gasteiger partial charge on any atom is 0.453 e. The molecule has 0 fully saturated rings. The van der Waals surface area contributed by atoms with Crippen molar-refractivity contribution in [2.75, 3.05) is 7.11 Å². The van der Waals surface area contributed by atoms with Crippen molar-refractivity contribution < 1.29 is 29.1 Å². The van der Waals surface area contributed by atoms with Gasteiger partial charge in [0.05, 0.1) is 7.11 Å². The minimum absolute atomic E-state index is 0.678. The third kappa shape index (κ3) is 6.06. The summed E-state index contributed by atoms with van der Waals surface area (Å²) < 4.78 is 0. The van der Waals surface area contributed by atoms with Gasteiger partial charge in [-0.1, -0.05) is 0 Å². The smallest absolute Gasteiger partial charge is 0.286 e. The van der Waals surface area contributed by atoms with Crippen LogP contribution in [0.25, 0.3) is 0 Å². The fraction of sp³-hybridized carbons (Fsp3) is 0.714. The van der Waals surface area contributed by atoms with Crippen molar-refractivity contribution in [2.45, 2.75) is 26.4 Å². The van der Waals surface area contributed by atoms with Gasteiger partial charge in [-0.25, -0.2) is 9.59 Å². The summed E-state index contributed by atoms with van der Waals surface area (Å²) in [5, 5.41) is 0. The van der Waals surface area contributed by atoms with Crippen LogP contribution in [0.3, 0.4) is 0 Å². The number of hydrogen-bond acceptors (Lipinski definition) is 6. The van der Waals surface area contributed by atoms with Gasteiger partial charge in [0.2, 0.25) is 0 Å². The molecular weight excluding hydrogens is 180 g/mol. The Morgan fingerprint density at radius 2 is 1.46 bits per heavy atom. The molecule has 0 aliphatic heterocycles. The lowest BCUT2D eigenvalue weighted by Crippen LogP contribution is -2.26. The second-order valence-electron chi connectivity index (χ2n) is 3.10. The summed E-state index contributed by atoms with van der Waals surface area (Å²) in [6.45, 7) is 4.96. The molecule has 0 amide bonds. The highest BCUT2D eigenvalue weighted by molar-refractivity contribution is 6.29. The van der Waals surface area contributed by atoms with E-state index in [2.05, 4.69) is 19.6 Å². The monoisotopic (exact) mass is 192 g/mol. The van der Waals surface area contributed by atoms with E-state index >= 15 is 0 Å². The van der Waals surface area contributed by atoms with Crippen LogP contribution in [-0.4, -0.2) is 24.6 Å². The Labute approximate surface area is 75.6 Å². The van der Waals surface area contributed by atoms with Crippen LogP contribution in [0.1, 0.15) is 20.8 Å². The van der Waals surface area contributed by atoms with E-state index in [0.717, 1.165) is 7.11 Å². The fourth-order valence-corrected chi connectivity index (χ4v) is 0.307.